The Hall–Kier alpha value is -2.73. The molecule has 21 heavy (non-hydrogen) atoms. The smallest absolute Gasteiger partial charge is 0.344 e. The maximum atomic E-state index is 12.1. The molecule has 0 bridgehead atoms. The summed E-state index contributed by atoms with van der Waals surface area (Å²) in [6.45, 7) is 2.07. The van der Waals surface area contributed by atoms with Gasteiger partial charge >= 0.3 is 5.63 Å². The van der Waals surface area contributed by atoms with Gasteiger partial charge in [-0.1, -0.05) is 24.8 Å². The maximum Gasteiger partial charge on any atom is 0.344 e. The van der Waals surface area contributed by atoms with E-state index in [0.717, 1.165) is 29.2 Å². The molecule has 0 unspecified atom stereocenters. The second kappa shape index (κ2) is 5.34. The molecule has 0 saturated heterocycles. The predicted octanol–water partition coefficient (Wildman–Crippen LogP) is 3.80. The first-order valence-electron chi connectivity index (χ1n) is 6.87. The average Bonchev–Trinajstić information content (AvgIpc) is 2.47. The fraction of sp³-hybridized carbons (Fsp3) is 0.167. The van der Waals surface area contributed by atoms with E-state index < -0.39 is 5.63 Å². The second-order valence-corrected chi connectivity index (χ2v) is 4.88. The maximum absolute atomic E-state index is 12.1. The van der Waals surface area contributed by atoms with E-state index in [1.807, 2.05) is 12.1 Å². The molecule has 0 aliphatic carbocycles. The zero-order valence-electron chi connectivity index (χ0n) is 11.6. The van der Waals surface area contributed by atoms with E-state index in [9.17, 15) is 9.90 Å². The van der Waals surface area contributed by atoms with Gasteiger partial charge in [0.15, 0.2) is 0 Å². The molecule has 1 N–H and O–H groups in total. The number of phenols is 1. The van der Waals surface area contributed by atoms with Crippen LogP contribution in [0, 0.1) is 11.8 Å². The third kappa shape index (κ3) is 2.48. The highest BCUT2D eigenvalue weighted by Crippen LogP contribution is 2.26. The van der Waals surface area contributed by atoms with E-state index >= 15 is 0 Å². The van der Waals surface area contributed by atoms with Gasteiger partial charge in [-0.2, -0.15) is 0 Å². The number of hydrogen-bond donors (Lipinski definition) is 1. The Morgan fingerprint density at radius 3 is 2.71 bits per heavy atom. The number of fused-ring (bicyclic) bond motifs is 3. The summed E-state index contributed by atoms with van der Waals surface area (Å²) in [6, 6.07) is 10.3. The summed E-state index contributed by atoms with van der Waals surface area (Å²) in [5.41, 5.74) is 0.779. The quantitative estimate of drug-likeness (QED) is 0.418. The van der Waals surface area contributed by atoms with E-state index in [2.05, 4.69) is 18.8 Å². The minimum atomic E-state index is -0.415. The van der Waals surface area contributed by atoms with Crippen LogP contribution in [0.3, 0.4) is 0 Å². The zero-order chi connectivity index (χ0) is 14.8. The summed E-state index contributed by atoms with van der Waals surface area (Å²) in [5.74, 6) is 6.19. The van der Waals surface area contributed by atoms with Crippen molar-refractivity contribution < 1.29 is 9.52 Å². The van der Waals surface area contributed by atoms with Gasteiger partial charge in [0, 0.05) is 28.8 Å². The third-order valence-electron chi connectivity index (χ3n) is 3.31. The normalized spacial score (nSPS) is 10.5. The molecule has 0 atom stereocenters. The van der Waals surface area contributed by atoms with E-state index in [1.165, 1.54) is 6.07 Å². The van der Waals surface area contributed by atoms with E-state index in [0.29, 0.717) is 11.0 Å². The largest absolute Gasteiger partial charge is 0.508 e. The number of rotatable bonds is 1. The highest BCUT2D eigenvalue weighted by molar-refractivity contribution is 6.04. The van der Waals surface area contributed by atoms with Crippen LogP contribution in [0.4, 0.5) is 0 Å². The van der Waals surface area contributed by atoms with E-state index in [1.54, 1.807) is 18.2 Å². The van der Waals surface area contributed by atoms with Crippen LogP contribution in [-0.4, -0.2) is 5.11 Å². The zero-order valence-corrected chi connectivity index (χ0v) is 11.6. The molecule has 0 fully saturated rings. The minimum absolute atomic E-state index is 0.0760. The summed E-state index contributed by atoms with van der Waals surface area (Å²) in [6.07, 6.45) is 1.85. The van der Waals surface area contributed by atoms with Crippen LogP contribution in [0.5, 0.6) is 5.75 Å². The molecule has 3 nitrogen and oxygen atoms in total. The van der Waals surface area contributed by atoms with E-state index in [4.69, 9.17) is 4.42 Å². The van der Waals surface area contributed by atoms with E-state index in [-0.39, 0.29) is 5.75 Å². The van der Waals surface area contributed by atoms with Gasteiger partial charge in [0.1, 0.15) is 11.3 Å². The number of phenolic OH excluding ortho intramolecular Hbond substituents is 1. The first-order valence-corrected chi connectivity index (χ1v) is 6.87. The molecule has 104 valence electrons. The summed E-state index contributed by atoms with van der Waals surface area (Å²) >= 11 is 0. The Bertz CT molecular complexity index is 939. The first-order chi connectivity index (χ1) is 10.2. The number of unbranched alkanes of at least 4 members (excludes halogenated alkanes) is 1. The summed E-state index contributed by atoms with van der Waals surface area (Å²) < 4.78 is 5.27. The molecule has 3 aromatic rings. The topological polar surface area (TPSA) is 50.4 Å². The van der Waals surface area contributed by atoms with Gasteiger partial charge in [0.2, 0.25) is 0 Å². The lowest BCUT2D eigenvalue weighted by Crippen LogP contribution is -2.00. The lowest BCUT2D eigenvalue weighted by atomic mass is 10.0. The van der Waals surface area contributed by atoms with Crippen molar-refractivity contribution in [3.63, 3.8) is 0 Å². The van der Waals surface area contributed by atoms with Crippen LogP contribution in [0.2, 0.25) is 0 Å². The highest BCUT2D eigenvalue weighted by Gasteiger charge is 2.08. The summed E-state index contributed by atoms with van der Waals surface area (Å²) in [4.78, 5) is 12.1. The van der Waals surface area contributed by atoms with Crippen molar-refractivity contribution in [2.24, 2.45) is 0 Å². The van der Waals surface area contributed by atoms with Gasteiger partial charge in [0.25, 0.3) is 0 Å². The fourth-order valence-electron chi connectivity index (χ4n) is 2.29. The van der Waals surface area contributed by atoms with Crippen molar-refractivity contribution in [1.82, 2.24) is 0 Å². The Morgan fingerprint density at radius 1 is 1.10 bits per heavy atom. The lowest BCUT2D eigenvalue weighted by molar-refractivity contribution is 0.473. The molecule has 3 rings (SSSR count). The molecule has 0 amide bonds. The number of benzene rings is 2. The molecule has 2 aromatic carbocycles. The van der Waals surface area contributed by atoms with Gasteiger partial charge in [-0.15, -0.1) is 0 Å². The fourth-order valence-corrected chi connectivity index (χ4v) is 2.29. The van der Waals surface area contributed by atoms with Crippen molar-refractivity contribution in [1.29, 1.82) is 0 Å². The molecule has 1 heterocycles. The highest BCUT2D eigenvalue weighted by atomic mass is 16.4. The molecular formula is C18H14O3. The molecule has 0 saturated carbocycles. The van der Waals surface area contributed by atoms with Crippen molar-refractivity contribution >= 4 is 21.7 Å². The SMILES string of the molecule is CCCC#Cc1ccc2c(c1)c(=O)oc1cc(O)ccc12. The van der Waals surface area contributed by atoms with Crippen molar-refractivity contribution in [2.75, 3.05) is 0 Å². The monoisotopic (exact) mass is 278 g/mol. The van der Waals surface area contributed by atoms with Crippen LogP contribution in [-0.2, 0) is 0 Å². The standard InChI is InChI=1S/C18H14O3/c1-2-3-4-5-12-6-8-14-15-9-7-13(19)11-17(15)21-18(20)16(14)10-12/h6-11,19H,2-3H2,1H3. The molecule has 0 aliphatic rings. The summed E-state index contributed by atoms with van der Waals surface area (Å²) in [5, 5.41) is 11.6. The Labute approximate surface area is 121 Å². The van der Waals surface area contributed by atoms with Crippen LogP contribution >= 0.6 is 0 Å². The van der Waals surface area contributed by atoms with Crippen molar-refractivity contribution in [3.05, 3.63) is 52.4 Å². The van der Waals surface area contributed by atoms with Crippen molar-refractivity contribution in [3.8, 4) is 17.6 Å². The third-order valence-corrected chi connectivity index (χ3v) is 3.31. The molecule has 0 aliphatic heterocycles. The van der Waals surface area contributed by atoms with Crippen LogP contribution in [0.25, 0.3) is 21.7 Å². The Morgan fingerprint density at radius 2 is 1.90 bits per heavy atom. The van der Waals surface area contributed by atoms with Gasteiger partial charge in [0.05, 0.1) is 5.39 Å². The van der Waals surface area contributed by atoms with Gasteiger partial charge in [-0.3, -0.25) is 0 Å². The average molecular weight is 278 g/mol. The minimum Gasteiger partial charge on any atom is -0.508 e. The predicted molar refractivity (Wildman–Crippen MR) is 83.4 cm³/mol. The van der Waals surface area contributed by atoms with Crippen LogP contribution < -0.4 is 5.63 Å². The molecular weight excluding hydrogens is 264 g/mol. The Balaban J connectivity index is 2.26. The van der Waals surface area contributed by atoms with Gasteiger partial charge in [-0.05, 0) is 30.7 Å². The van der Waals surface area contributed by atoms with Crippen LogP contribution in [0.15, 0.2) is 45.6 Å². The number of aromatic hydroxyl groups is 1. The number of hydrogen-bond acceptors (Lipinski definition) is 3. The van der Waals surface area contributed by atoms with Crippen LogP contribution in [0.1, 0.15) is 25.3 Å². The first kappa shape index (κ1) is 13.3. The van der Waals surface area contributed by atoms with Gasteiger partial charge < -0.3 is 9.52 Å². The molecule has 0 radical (unpaired) electrons. The Kier molecular flexibility index (Phi) is 3.37. The van der Waals surface area contributed by atoms with Crippen molar-refractivity contribution in [2.45, 2.75) is 19.8 Å². The second-order valence-electron chi connectivity index (χ2n) is 4.88. The molecule has 1 aromatic heterocycles. The molecule has 0 spiro atoms. The molecule has 3 heteroatoms. The van der Waals surface area contributed by atoms with Gasteiger partial charge in [-0.25, -0.2) is 4.79 Å². The summed E-state index contributed by atoms with van der Waals surface area (Å²) in [7, 11) is 0. The lowest BCUT2D eigenvalue weighted by Gasteiger charge is -2.03.